The van der Waals surface area contributed by atoms with E-state index in [1.165, 1.54) is 29.0 Å². The molecular weight excluding hydrogens is 346 g/mol. The van der Waals surface area contributed by atoms with Gasteiger partial charge in [0.2, 0.25) is 0 Å². The van der Waals surface area contributed by atoms with Crippen LogP contribution in [0.2, 0.25) is 0 Å². The zero-order valence-corrected chi connectivity index (χ0v) is 16.7. The van der Waals surface area contributed by atoms with E-state index in [0.29, 0.717) is 18.2 Å². The summed E-state index contributed by atoms with van der Waals surface area (Å²) in [5.41, 5.74) is 3.33. The third-order valence-electron chi connectivity index (χ3n) is 4.83. The highest BCUT2D eigenvalue weighted by atomic mass is 32.2. The highest BCUT2D eigenvalue weighted by Gasteiger charge is 2.19. The average molecular weight is 374 g/mol. The van der Waals surface area contributed by atoms with Crippen molar-refractivity contribution in [3.63, 3.8) is 0 Å². The van der Waals surface area contributed by atoms with Crippen LogP contribution in [0.4, 0.5) is 5.69 Å². The Hall–Kier alpha value is -1.30. The van der Waals surface area contributed by atoms with Crippen LogP contribution in [0.5, 0.6) is 0 Å². The molecule has 0 aliphatic carbocycles. The van der Waals surface area contributed by atoms with Gasteiger partial charge in [0.15, 0.2) is 0 Å². The summed E-state index contributed by atoms with van der Waals surface area (Å²) in [5.74, 6) is 1.15. The second-order valence-corrected chi connectivity index (χ2v) is 8.54. The number of nitrogens with zero attached hydrogens (tertiary/aromatic N) is 1. The summed E-state index contributed by atoms with van der Waals surface area (Å²) in [6.45, 7) is 4.48. The van der Waals surface area contributed by atoms with Crippen molar-refractivity contribution in [2.75, 3.05) is 30.8 Å². The van der Waals surface area contributed by atoms with Gasteiger partial charge in [-0.1, -0.05) is 19.1 Å². The maximum Gasteiger partial charge on any atom is 0.0529 e. The minimum Gasteiger partial charge on any atom is -0.370 e. The lowest BCUT2D eigenvalue weighted by atomic mass is 10.1. The van der Waals surface area contributed by atoms with Gasteiger partial charge in [-0.3, -0.25) is 0 Å². The van der Waals surface area contributed by atoms with Gasteiger partial charge in [0.25, 0.3) is 0 Å². The molecule has 0 saturated carbocycles. The van der Waals surface area contributed by atoms with E-state index in [1.807, 2.05) is 29.3 Å². The maximum absolute atomic E-state index is 8.31. The van der Waals surface area contributed by atoms with Crippen molar-refractivity contribution in [1.29, 1.82) is 5.41 Å². The Morgan fingerprint density at radius 3 is 2.96 bits per heavy atom. The Kier molecular flexibility index (Phi) is 6.57. The van der Waals surface area contributed by atoms with Gasteiger partial charge in [-0.2, -0.15) is 0 Å². The molecule has 0 amide bonds. The van der Waals surface area contributed by atoms with Crippen LogP contribution in [0.25, 0.3) is 0 Å². The van der Waals surface area contributed by atoms with E-state index in [1.54, 1.807) is 11.3 Å². The van der Waals surface area contributed by atoms with E-state index in [4.69, 9.17) is 5.41 Å². The molecule has 0 fully saturated rings. The molecule has 25 heavy (non-hydrogen) atoms. The molecule has 1 unspecified atom stereocenters. The van der Waals surface area contributed by atoms with Gasteiger partial charge < -0.3 is 15.6 Å². The number of anilines is 1. The van der Waals surface area contributed by atoms with Crippen molar-refractivity contribution >= 4 is 34.5 Å². The van der Waals surface area contributed by atoms with Gasteiger partial charge in [-0.05, 0) is 49.0 Å². The molecule has 1 aliphatic rings. The maximum atomic E-state index is 8.31. The lowest BCUT2D eigenvalue weighted by molar-refractivity contribution is 0.505. The fourth-order valence-corrected chi connectivity index (χ4v) is 5.06. The van der Waals surface area contributed by atoms with Crippen molar-refractivity contribution < 1.29 is 0 Å². The first-order valence-electron chi connectivity index (χ1n) is 9.00. The molecule has 3 rings (SSSR count). The average Bonchev–Trinajstić information content (AvgIpc) is 3.17. The zero-order chi connectivity index (χ0) is 17.6. The molecule has 2 aromatic rings. The molecule has 5 heteroatoms. The van der Waals surface area contributed by atoms with Gasteiger partial charge in [0.1, 0.15) is 0 Å². The topological polar surface area (TPSA) is 39.1 Å². The van der Waals surface area contributed by atoms with E-state index < -0.39 is 0 Å². The zero-order valence-electron chi connectivity index (χ0n) is 15.0. The second kappa shape index (κ2) is 8.88. The van der Waals surface area contributed by atoms with Crippen molar-refractivity contribution in [2.24, 2.45) is 0 Å². The van der Waals surface area contributed by atoms with Crippen LogP contribution in [-0.2, 0) is 6.42 Å². The summed E-state index contributed by atoms with van der Waals surface area (Å²) in [4.78, 5) is 4.98. The molecule has 3 nitrogen and oxygen atoms in total. The second-order valence-electron chi connectivity index (χ2n) is 6.45. The molecule has 2 N–H and O–H groups in total. The fourth-order valence-electron chi connectivity index (χ4n) is 3.27. The van der Waals surface area contributed by atoms with E-state index in [9.17, 15) is 0 Å². The minimum absolute atomic E-state index is 0.601. The first kappa shape index (κ1) is 18.5. The van der Waals surface area contributed by atoms with Crippen LogP contribution >= 0.6 is 23.1 Å². The Labute approximate surface area is 159 Å². The summed E-state index contributed by atoms with van der Waals surface area (Å²) >= 11 is 3.60. The SMILES string of the molecule is CCC(CCN1CCSc2cc(CC(=N)c3cccs3)ccc21)NC. The predicted octanol–water partition coefficient (Wildman–Crippen LogP) is 4.66. The predicted molar refractivity (Wildman–Crippen MR) is 112 cm³/mol. The van der Waals surface area contributed by atoms with Crippen LogP contribution < -0.4 is 10.2 Å². The number of rotatable bonds is 8. The molecule has 0 saturated heterocycles. The molecule has 1 aliphatic heterocycles. The molecule has 0 bridgehead atoms. The molecule has 134 valence electrons. The van der Waals surface area contributed by atoms with E-state index in [0.717, 1.165) is 23.7 Å². The number of thiophene rings is 1. The van der Waals surface area contributed by atoms with Crippen molar-refractivity contribution in [3.8, 4) is 0 Å². The Balaban J connectivity index is 1.68. The largest absolute Gasteiger partial charge is 0.370 e. The Morgan fingerprint density at radius 2 is 2.24 bits per heavy atom. The lowest BCUT2D eigenvalue weighted by Gasteiger charge is -2.32. The first-order chi connectivity index (χ1) is 12.2. The van der Waals surface area contributed by atoms with Gasteiger partial charge in [-0.15, -0.1) is 23.1 Å². The van der Waals surface area contributed by atoms with E-state index >= 15 is 0 Å². The number of benzene rings is 1. The Morgan fingerprint density at radius 1 is 1.36 bits per heavy atom. The van der Waals surface area contributed by atoms with Gasteiger partial charge in [-0.25, -0.2) is 0 Å². The summed E-state index contributed by atoms with van der Waals surface area (Å²) in [6, 6.07) is 11.4. The van der Waals surface area contributed by atoms with Crippen LogP contribution in [-0.4, -0.2) is 37.6 Å². The number of hydrogen-bond acceptors (Lipinski definition) is 5. The summed E-state index contributed by atoms with van der Waals surface area (Å²) in [7, 11) is 2.06. The minimum atomic E-state index is 0.601. The monoisotopic (exact) mass is 373 g/mol. The fraction of sp³-hybridized carbons (Fsp3) is 0.450. The number of hydrogen-bond donors (Lipinski definition) is 2. The third kappa shape index (κ3) is 4.66. The van der Waals surface area contributed by atoms with Crippen LogP contribution in [0.15, 0.2) is 40.6 Å². The number of fused-ring (bicyclic) bond motifs is 1. The lowest BCUT2D eigenvalue weighted by Crippen LogP contribution is -2.35. The van der Waals surface area contributed by atoms with Crippen molar-refractivity contribution in [2.45, 2.75) is 37.1 Å². The van der Waals surface area contributed by atoms with Crippen molar-refractivity contribution in [1.82, 2.24) is 5.32 Å². The highest BCUT2D eigenvalue weighted by molar-refractivity contribution is 7.99. The van der Waals surface area contributed by atoms with Gasteiger partial charge >= 0.3 is 0 Å². The van der Waals surface area contributed by atoms with Gasteiger partial charge in [0, 0.05) is 41.1 Å². The normalized spacial score (nSPS) is 15.0. The first-order valence-corrected chi connectivity index (χ1v) is 10.9. The molecule has 0 radical (unpaired) electrons. The summed E-state index contributed by atoms with van der Waals surface area (Å²) in [6.07, 6.45) is 3.07. The van der Waals surface area contributed by atoms with E-state index in [2.05, 4.69) is 42.4 Å². The van der Waals surface area contributed by atoms with Gasteiger partial charge in [0.05, 0.1) is 11.4 Å². The molecule has 1 aromatic heterocycles. The summed E-state index contributed by atoms with van der Waals surface area (Å²) in [5, 5.41) is 13.8. The van der Waals surface area contributed by atoms with Crippen LogP contribution in [0.1, 0.15) is 30.2 Å². The van der Waals surface area contributed by atoms with Crippen molar-refractivity contribution in [3.05, 3.63) is 46.2 Å². The highest BCUT2D eigenvalue weighted by Crippen LogP contribution is 2.35. The third-order valence-corrected chi connectivity index (χ3v) is 6.79. The van der Waals surface area contributed by atoms with Crippen LogP contribution in [0, 0.1) is 5.41 Å². The number of nitrogens with one attached hydrogen (secondary N) is 2. The smallest absolute Gasteiger partial charge is 0.0529 e. The molecule has 2 heterocycles. The summed E-state index contributed by atoms with van der Waals surface area (Å²) < 4.78 is 0. The molecule has 1 aromatic carbocycles. The van der Waals surface area contributed by atoms with Crippen LogP contribution in [0.3, 0.4) is 0 Å². The molecule has 1 atom stereocenters. The quantitative estimate of drug-likeness (QED) is 0.661. The number of thioether (sulfide) groups is 1. The van der Waals surface area contributed by atoms with E-state index in [-0.39, 0.29) is 0 Å². The molecular formula is C20H27N3S2. The molecule has 0 spiro atoms. The standard InChI is InChI=1S/C20H27N3S2/c1-3-16(22-2)8-9-23-10-12-25-20-14-15(6-7-18(20)23)13-17(21)19-5-4-11-24-19/h4-7,11,14,16,21-22H,3,8-10,12-13H2,1-2H3. The Bertz CT molecular complexity index is 693.